The molecule has 3 aromatic carbocycles. The zero-order valence-electron chi connectivity index (χ0n) is 25.7. The Morgan fingerprint density at radius 1 is 1.04 bits per heavy atom. The molecule has 0 radical (unpaired) electrons. The summed E-state index contributed by atoms with van der Waals surface area (Å²) in [6, 6.07) is 16.4. The van der Waals surface area contributed by atoms with Gasteiger partial charge in [0.25, 0.3) is 0 Å². The fraction of sp³-hybridized carbons (Fsp3) is 0.306. The van der Waals surface area contributed by atoms with Gasteiger partial charge >= 0.3 is 6.18 Å². The fourth-order valence-electron chi connectivity index (χ4n) is 5.91. The number of carbonyl (C=O) groups is 1. The van der Waals surface area contributed by atoms with Crippen LogP contribution in [-0.2, 0) is 28.7 Å². The summed E-state index contributed by atoms with van der Waals surface area (Å²) in [5.74, 6) is 0.885. The summed E-state index contributed by atoms with van der Waals surface area (Å²) in [5.41, 5.74) is 4.62. The molecule has 0 spiro atoms. The number of halogens is 3. The summed E-state index contributed by atoms with van der Waals surface area (Å²) < 4.78 is 57.9. The van der Waals surface area contributed by atoms with Gasteiger partial charge in [0.05, 0.1) is 28.8 Å². The minimum atomic E-state index is -4.44. The van der Waals surface area contributed by atoms with E-state index in [1.807, 2.05) is 58.0 Å². The van der Waals surface area contributed by atoms with E-state index in [1.54, 1.807) is 18.3 Å². The van der Waals surface area contributed by atoms with E-state index in [4.69, 9.17) is 24.2 Å². The number of alkyl halides is 3. The van der Waals surface area contributed by atoms with Crippen molar-refractivity contribution in [3.05, 3.63) is 94.7 Å². The van der Waals surface area contributed by atoms with Crippen molar-refractivity contribution in [2.24, 2.45) is 0 Å². The van der Waals surface area contributed by atoms with Crippen LogP contribution in [0.5, 0.6) is 11.6 Å². The topological polar surface area (TPSA) is 70.5 Å². The molecule has 0 amide bonds. The summed E-state index contributed by atoms with van der Waals surface area (Å²) in [5, 5.41) is 1.69. The largest absolute Gasteiger partial charge is 0.493 e. The first-order chi connectivity index (χ1) is 21.3. The number of pyridine rings is 2. The van der Waals surface area contributed by atoms with Gasteiger partial charge in [-0.1, -0.05) is 12.1 Å². The average molecular weight is 615 g/mol. The maximum atomic E-state index is 13.2. The molecule has 45 heavy (non-hydrogen) atoms. The molecule has 9 heteroatoms. The van der Waals surface area contributed by atoms with Crippen molar-refractivity contribution in [2.75, 3.05) is 6.61 Å². The molecule has 0 saturated carbocycles. The molecule has 0 fully saturated rings. The minimum absolute atomic E-state index is 0.0863. The van der Waals surface area contributed by atoms with Crippen molar-refractivity contribution in [3.63, 3.8) is 0 Å². The second kappa shape index (κ2) is 11.5. The van der Waals surface area contributed by atoms with Crippen LogP contribution in [0.25, 0.3) is 32.9 Å². The normalized spacial score (nSPS) is 14.0. The molecule has 0 aliphatic carbocycles. The molecular weight excluding hydrogens is 581 g/mol. The summed E-state index contributed by atoms with van der Waals surface area (Å²) in [4.78, 5) is 22.8. The van der Waals surface area contributed by atoms with Crippen molar-refractivity contribution in [1.82, 2.24) is 9.97 Å². The fourth-order valence-corrected chi connectivity index (χ4v) is 5.91. The first kappa shape index (κ1) is 30.5. The second-order valence-corrected chi connectivity index (χ2v) is 12.3. The van der Waals surface area contributed by atoms with Gasteiger partial charge in [0, 0.05) is 35.0 Å². The van der Waals surface area contributed by atoms with Gasteiger partial charge in [-0.25, -0.2) is 4.98 Å². The van der Waals surface area contributed by atoms with Crippen LogP contribution >= 0.6 is 0 Å². The van der Waals surface area contributed by atoms with Gasteiger partial charge in [-0.15, -0.1) is 0 Å². The summed E-state index contributed by atoms with van der Waals surface area (Å²) in [7, 11) is 0. The quantitative estimate of drug-likeness (QED) is 0.183. The van der Waals surface area contributed by atoms with E-state index < -0.39 is 23.4 Å². The summed E-state index contributed by atoms with van der Waals surface area (Å²) >= 11 is 0. The number of Topliss-reactive ketones (excluding diaryl/α,β-unsaturated/α-hetero) is 1. The van der Waals surface area contributed by atoms with Crippen LogP contribution in [0.4, 0.5) is 13.2 Å². The standard InChI is InChI=1S/C36H33F3N2O4/c1-20-17-27-25(10-12-29(41-27)44-19-22-7-6-8-24(18-22)36(37,38)39)32(30(20)34(21(2)42)45-35(3,4)5)26-9-11-28-31-23(14-16-43-28)13-15-40-33(26)31/h6-13,15,17-18,34H,14,16,19H2,1-5H3. The average Bonchev–Trinajstić information content (AvgIpc) is 2.98. The molecule has 1 atom stereocenters. The number of aromatic nitrogens is 2. The summed E-state index contributed by atoms with van der Waals surface area (Å²) in [6.07, 6.45) is -2.75. The number of hydrogen-bond acceptors (Lipinski definition) is 6. The Kier molecular flexibility index (Phi) is 7.77. The highest BCUT2D eigenvalue weighted by molar-refractivity contribution is 6.08. The van der Waals surface area contributed by atoms with Crippen molar-refractivity contribution in [2.45, 2.75) is 65.5 Å². The van der Waals surface area contributed by atoms with Crippen molar-refractivity contribution >= 4 is 27.6 Å². The third kappa shape index (κ3) is 6.09. The third-order valence-corrected chi connectivity index (χ3v) is 7.80. The second-order valence-electron chi connectivity index (χ2n) is 12.3. The van der Waals surface area contributed by atoms with Gasteiger partial charge in [0.2, 0.25) is 5.88 Å². The van der Waals surface area contributed by atoms with Gasteiger partial charge in [0.15, 0.2) is 5.78 Å². The van der Waals surface area contributed by atoms with E-state index in [2.05, 4.69) is 0 Å². The van der Waals surface area contributed by atoms with Crippen molar-refractivity contribution in [1.29, 1.82) is 0 Å². The molecule has 0 N–H and O–H groups in total. The first-order valence-corrected chi connectivity index (χ1v) is 14.8. The van der Waals surface area contributed by atoms with E-state index in [9.17, 15) is 18.0 Å². The van der Waals surface area contributed by atoms with Crippen molar-refractivity contribution in [3.8, 4) is 22.8 Å². The van der Waals surface area contributed by atoms with E-state index in [0.29, 0.717) is 17.7 Å². The predicted molar refractivity (Wildman–Crippen MR) is 166 cm³/mol. The SMILES string of the molecule is CC(=O)C(OC(C)(C)C)c1c(C)cc2nc(OCc3cccc(C(F)(F)F)c3)ccc2c1-c1ccc2c3c(ccnc13)CCO2. The Bertz CT molecular complexity index is 1940. The minimum Gasteiger partial charge on any atom is -0.493 e. The molecule has 6 rings (SSSR count). The number of rotatable bonds is 7. The molecule has 1 aliphatic heterocycles. The molecule has 6 nitrogen and oxygen atoms in total. The monoisotopic (exact) mass is 614 g/mol. The molecule has 5 aromatic rings. The molecule has 3 heterocycles. The highest BCUT2D eigenvalue weighted by Gasteiger charge is 2.32. The van der Waals surface area contributed by atoms with Crippen LogP contribution < -0.4 is 9.47 Å². The van der Waals surface area contributed by atoms with Crippen molar-refractivity contribution < 1.29 is 32.2 Å². The number of fused-ring (bicyclic) bond motifs is 1. The lowest BCUT2D eigenvalue weighted by Gasteiger charge is -2.30. The van der Waals surface area contributed by atoms with Gasteiger partial charge in [0.1, 0.15) is 18.5 Å². The number of nitrogens with zero attached hydrogens (tertiary/aromatic N) is 2. The van der Waals surface area contributed by atoms with Crippen LogP contribution in [0.1, 0.15) is 61.6 Å². The maximum absolute atomic E-state index is 13.2. The Morgan fingerprint density at radius 3 is 2.58 bits per heavy atom. The molecular formula is C36H33F3N2O4. The lowest BCUT2D eigenvalue weighted by Crippen LogP contribution is -2.27. The van der Waals surface area contributed by atoms with Gasteiger partial charge < -0.3 is 14.2 Å². The van der Waals surface area contributed by atoms with Crippen LogP contribution in [0.3, 0.4) is 0 Å². The van der Waals surface area contributed by atoms with E-state index in [-0.39, 0.29) is 18.3 Å². The Balaban J connectivity index is 1.52. The smallest absolute Gasteiger partial charge is 0.416 e. The van der Waals surface area contributed by atoms with Gasteiger partial charge in [-0.3, -0.25) is 9.78 Å². The Hall–Kier alpha value is -4.50. The van der Waals surface area contributed by atoms with Gasteiger partial charge in [-0.2, -0.15) is 13.2 Å². The Labute approximate surface area is 259 Å². The molecule has 232 valence electrons. The van der Waals surface area contributed by atoms with Crippen LogP contribution in [0.15, 0.2) is 66.9 Å². The zero-order chi connectivity index (χ0) is 32.1. The zero-order valence-corrected chi connectivity index (χ0v) is 25.7. The number of aryl methyl sites for hydroxylation is 1. The molecule has 1 aliphatic rings. The van der Waals surface area contributed by atoms with Crippen LogP contribution in [0.2, 0.25) is 0 Å². The van der Waals surface area contributed by atoms with E-state index in [0.717, 1.165) is 68.4 Å². The lowest BCUT2D eigenvalue weighted by molar-refractivity contribution is -0.139. The lowest BCUT2D eigenvalue weighted by atomic mass is 9.86. The molecule has 0 bridgehead atoms. The summed E-state index contributed by atoms with van der Waals surface area (Å²) in [6.45, 7) is 9.68. The number of carbonyl (C=O) groups excluding carboxylic acids is 1. The number of hydrogen-bond donors (Lipinski definition) is 0. The predicted octanol–water partition coefficient (Wildman–Crippen LogP) is 8.74. The molecule has 0 saturated heterocycles. The van der Waals surface area contributed by atoms with Crippen LogP contribution in [-0.4, -0.2) is 28.0 Å². The highest BCUT2D eigenvalue weighted by Crippen LogP contribution is 2.45. The first-order valence-electron chi connectivity index (χ1n) is 14.8. The third-order valence-electron chi connectivity index (χ3n) is 7.80. The van der Waals surface area contributed by atoms with Crippen LogP contribution in [0, 0.1) is 6.92 Å². The molecule has 1 unspecified atom stereocenters. The maximum Gasteiger partial charge on any atom is 0.416 e. The number of benzene rings is 3. The van der Waals surface area contributed by atoms with E-state index >= 15 is 0 Å². The number of ether oxygens (including phenoxy) is 3. The Morgan fingerprint density at radius 2 is 1.84 bits per heavy atom. The van der Waals surface area contributed by atoms with E-state index in [1.165, 1.54) is 13.0 Å². The van der Waals surface area contributed by atoms with Gasteiger partial charge in [-0.05, 0) is 105 Å². The highest BCUT2D eigenvalue weighted by atomic mass is 19.4. The number of ketones is 1. The molecule has 2 aromatic heterocycles.